The Morgan fingerprint density at radius 3 is 1.68 bits per heavy atom. The summed E-state index contributed by atoms with van der Waals surface area (Å²) in [4.78, 5) is 5.37. The minimum absolute atomic E-state index is 0.0166. The number of thiophene rings is 1. The summed E-state index contributed by atoms with van der Waals surface area (Å²) >= 11 is 1.97. The van der Waals surface area contributed by atoms with Gasteiger partial charge in [-0.3, -0.25) is 0 Å². The first-order valence-electron chi connectivity index (χ1n) is 31.3. The SMILES string of the molecule is CC(C)(C)c1ccc(N2c3cc4oc5ccccc5c4c4c3B(c3oc5cc6c(cc5c32)C(C)(C)CCC6(C)C)N(c2ccc3c(c2)C(C)(C)CCC3(C)C)c2cc3c(cc2-4)sc2cc4c(cc23)C(C)(C)CCC4(C)C)c(-c2ccccc2)c1. The highest BCUT2D eigenvalue weighted by molar-refractivity contribution is 7.25. The first kappa shape index (κ1) is 52.5. The molecule has 0 fully saturated rings. The molecule has 0 atom stereocenters. The summed E-state index contributed by atoms with van der Waals surface area (Å²) in [5.41, 5.74) is 25.6. The molecule has 3 aromatic heterocycles. The first-order chi connectivity index (χ1) is 39.7. The van der Waals surface area contributed by atoms with E-state index in [9.17, 15) is 0 Å². The van der Waals surface area contributed by atoms with E-state index in [0.717, 1.165) is 81.3 Å². The smallest absolute Gasteiger partial charge is 0.375 e. The molecule has 5 aliphatic rings. The lowest BCUT2D eigenvalue weighted by atomic mass is 9.45. The van der Waals surface area contributed by atoms with Gasteiger partial charge in [-0.25, -0.2) is 0 Å². The quantitative estimate of drug-likeness (QED) is 0.165. The lowest BCUT2D eigenvalue weighted by molar-refractivity contribution is 0.332. The maximum atomic E-state index is 8.02. The van der Waals surface area contributed by atoms with Gasteiger partial charge in [0.1, 0.15) is 22.4 Å². The van der Waals surface area contributed by atoms with Crippen LogP contribution in [0.1, 0.15) is 181 Å². The zero-order valence-electron chi connectivity index (χ0n) is 52.1. The van der Waals surface area contributed by atoms with Crippen LogP contribution in [0.15, 0.2) is 142 Å². The van der Waals surface area contributed by atoms with Crippen molar-refractivity contribution in [3.63, 3.8) is 0 Å². The van der Waals surface area contributed by atoms with Gasteiger partial charge >= 0.3 is 6.85 Å². The van der Waals surface area contributed by atoms with Gasteiger partial charge in [-0.2, -0.15) is 0 Å². The van der Waals surface area contributed by atoms with Gasteiger partial charge in [-0.15, -0.1) is 11.3 Å². The molecule has 0 radical (unpaired) electrons. The molecule has 0 bridgehead atoms. The number of hydrogen-bond donors (Lipinski definition) is 0. The maximum Gasteiger partial charge on any atom is 0.375 e. The van der Waals surface area contributed by atoms with Gasteiger partial charge in [0.15, 0.2) is 0 Å². The number of nitrogens with zero attached hydrogens (tertiary/aromatic N) is 2. The predicted molar refractivity (Wildman–Crippen MR) is 360 cm³/mol. The number of anilines is 5. The molecular formula is C78H79BN2O2S. The molecule has 0 saturated carbocycles. The average molecular weight is 1120 g/mol. The van der Waals surface area contributed by atoms with Crippen LogP contribution in [-0.4, -0.2) is 6.85 Å². The van der Waals surface area contributed by atoms with Crippen molar-refractivity contribution in [2.24, 2.45) is 0 Å². The van der Waals surface area contributed by atoms with Crippen molar-refractivity contribution in [3.8, 4) is 22.3 Å². The third-order valence-corrected chi connectivity index (χ3v) is 23.1. The monoisotopic (exact) mass is 1120 g/mol. The van der Waals surface area contributed by atoms with Gasteiger partial charge in [0.05, 0.1) is 11.4 Å². The third-order valence-electron chi connectivity index (χ3n) is 22.0. The zero-order chi connectivity index (χ0) is 58.3. The van der Waals surface area contributed by atoms with E-state index >= 15 is 0 Å². The fourth-order valence-corrected chi connectivity index (χ4v) is 17.6. The van der Waals surface area contributed by atoms with E-state index < -0.39 is 0 Å². The van der Waals surface area contributed by atoms with E-state index in [4.69, 9.17) is 8.83 Å². The molecule has 3 aliphatic carbocycles. The minimum Gasteiger partial charge on any atom is -0.466 e. The lowest BCUT2D eigenvalue weighted by Crippen LogP contribution is -2.61. The second-order valence-electron chi connectivity index (χ2n) is 31.2. The van der Waals surface area contributed by atoms with E-state index in [1.807, 2.05) is 11.3 Å². The van der Waals surface area contributed by atoms with Crippen molar-refractivity contribution in [2.75, 3.05) is 9.71 Å². The number of hydrogen-bond acceptors (Lipinski definition) is 5. The van der Waals surface area contributed by atoms with Gasteiger partial charge < -0.3 is 18.5 Å². The Morgan fingerprint density at radius 1 is 0.440 bits per heavy atom. The van der Waals surface area contributed by atoms with Gasteiger partial charge in [-0.1, -0.05) is 165 Å². The number of para-hydroxylation sites is 1. The van der Waals surface area contributed by atoms with Crippen molar-refractivity contribution >= 4 is 111 Å². The third kappa shape index (κ3) is 7.31. The molecule has 11 aromatic rings. The molecule has 422 valence electrons. The summed E-state index contributed by atoms with van der Waals surface area (Å²) in [6.07, 6.45) is 6.89. The lowest BCUT2D eigenvalue weighted by Gasteiger charge is -2.46. The average Bonchev–Trinajstić information content (AvgIpc) is 3.91. The van der Waals surface area contributed by atoms with Crippen LogP contribution in [0, 0.1) is 0 Å². The van der Waals surface area contributed by atoms with Crippen LogP contribution in [0.2, 0.25) is 0 Å². The maximum absolute atomic E-state index is 8.02. The Hall–Kier alpha value is -7.02. The molecule has 8 aromatic carbocycles. The van der Waals surface area contributed by atoms with Crippen LogP contribution in [0.25, 0.3) is 75.3 Å². The zero-order valence-corrected chi connectivity index (χ0v) is 53.0. The molecule has 2 aliphatic heterocycles. The Morgan fingerprint density at radius 2 is 1.01 bits per heavy atom. The van der Waals surface area contributed by atoms with E-state index in [1.165, 1.54) is 111 Å². The predicted octanol–water partition coefficient (Wildman–Crippen LogP) is 21.4. The largest absolute Gasteiger partial charge is 0.466 e. The first-order valence-corrected chi connectivity index (χ1v) is 32.1. The highest BCUT2D eigenvalue weighted by Crippen LogP contribution is 2.59. The van der Waals surface area contributed by atoms with Crippen LogP contribution in [0.4, 0.5) is 28.4 Å². The van der Waals surface area contributed by atoms with Crippen molar-refractivity contribution in [3.05, 3.63) is 172 Å². The Labute approximate surface area is 501 Å². The van der Waals surface area contributed by atoms with E-state index in [-0.39, 0.29) is 44.8 Å². The Balaban J connectivity index is 1.10. The fourth-order valence-electron chi connectivity index (χ4n) is 16.4. The van der Waals surface area contributed by atoms with Gasteiger partial charge in [0, 0.05) is 70.6 Å². The van der Waals surface area contributed by atoms with E-state index in [1.54, 1.807) is 0 Å². The summed E-state index contributed by atoms with van der Waals surface area (Å²) in [6.45, 7) is 36.2. The van der Waals surface area contributed by atoms with Crippen LogP contribution >= 0.6 is 11.3 Å². The van der Waals surface area contributed by atoms with Crippen LogP contribution in [-0.2, 0) is 37.9 Å². The van der Waals surface area contributed by atoms with Gasteiger partial charge in [0.25, 0.3) is 0 Å². The Bertz CT molecular complexity index is 4680. The Kier molecular flexibility index (Phi) is 10.6. The summed E-state index contributed by atoms with van der Waals surface area (Å²) < 4.78 is 18.0. The van der Waals surface area contributed by atoms with Crippen LogP contribution < -0.4 is 20.8 Å². The van der Waals surface area contributed by atoms with Crippen molar-refractivity contribution in [2.45, 2.75) is 180 Å². The topological polar surface area (TPSA) is 32.8 Å². The second-order valence-corrected chi connectivity index (χ2v) is 32.3. The molecular weight excluding hydrogens is 1040 g/mol. The van der Waals surface area contributed by atoms with Crippen LogP contribution in [0.3, 0.4) is 0 Å². The van der Waals surface area contributed by atoms with Gasteiger partial charge in [0.2, 0.25) is 0 Å². The van der Waals surface area contributed by atoms with Crippen molar-refractivity contribution in [1.29, 1.82) is 0 Å². The van der Waals surface area contributed by atoms with Gasteiger partial charge in [-0.05, 0) is 199 Å². The summed E-state index contributed by atoms with van der Waals surface area (Å²) in [5, 5.41) is 6.12. The molecule has 0 unspecified atom stereocenters. The summed E-state index contributed by atoms with van der Waals surface area (Å²) in [7, 11) is 0. The number of rotatable bonds is 3. The molecule has 16 rings (SSSR count). The molecule has 0 N–H and O–H groups in total. The molecule has 5 heterocycles. The normalized spacial score (nSPS) is 19.3. The molecule has 0 amide bonds. The standard InChI is InChI=1S/C78H79BN2O2S/c1-72(2,3)45-25-28-59(48(35-45)44-21-17-16-18-22-44)80-61-43-64-67(47-23-19-20-24-62(47)82-64)68-51-40-65-50(49-37-55-58(42-66(49)84-65)78(14,15)34-32-75(55,8)9)39-60(51)81(46-26-27-53-54(36-46)74(6,7)30-29-73(53,4)5)79(69(61)68)71-70(80)52-38-56-57(41-63(52)83-71)77(12,13)33-31-76(56,10)11/h16-28,35-43H,29-34H2,1-15H3. The van der Waals surface area contributed by atoms with E-state index in [2.05, 4.69) is 247 Å². The summed E-state index contributed by atoms with van der Waals surface area (Å²) in [5.74, 6) is 0. The number of benzene rings is 8. The summed E-state index contributed by atoms with van der Waals surface area (Å²) in [6, 6.07) is 52.5. The molecule has 0 saturated heterocycles. The molecule has 4 nitrogen and oxygen atoms in total. The fraction of sp³-hybridized carbons (Fsp3) is 0.359. The van der Waals surface area contributed by atoms with Crippen molar-refractivity contribution < 1.29 is 8.83 Å². The molecule has 0 spiro atoms. The molecule has 84 heavy (non-hydrogen) atoms. The highest BCUT2D eigenvalue weighted by atomic mass is 32.1. The minimum atomic E-state index is -0.362. The number of fused-ring (bicyclic) bond motifs is 16. The molecule has 6 heteroatoms. The van der Waals surface area contributed by atoms with Crippen LogP contribution in [0.5, 0.6) is 0 Å². The van der Waals surface area contributed by atoms with E-state index in [0.29, 0.717) is 0 Å². The second kappa shape index (κ2) is 16.9. The number of furan rings is 2. The van der Waals surface area contributed by atoms with Crippen molar-refractivity contribution in [1.82, 2.24) is 0 Å². The highest BCUT2D eigenvalue weighted by Gasteiger charge is 2.52.